The highest BCUT2D eigenvalue weighted by Crippen LogP contribution is 2.35. The van der Waals surface area contributed by atoms with Crippen LogP contribution in [0.3, 0.4) is 0 Å². The predicted octanol–water partition coefficient (Wildman–Crippen LogP) is 2.74. The number of hydrogen-bond acceptors (Lipinski definition) is 10. The number of carbonyl (C=O) groups excluding carboxylic acids is 2. The van der Waals surface area contributed by atoms with E-state index in [0.29, 0.717) is 28.6 Å². The highest BCUT2D eigenvalue weighted by Gasteiger charge is 2.55. The fourth-order valence-electron chi connectivity index (χ4n) is 4.86. The van der Waals surface area contributed by atoms with Crippen LogP contribution < -0.4 is 14.4 Å². The second kappa shape index (κ2) is 8.19. The first-order chi connectivity index (χ1) is 17.1. The van der Waals surface area contributed by atoms with Crippen LogP contribution in [0.2, 0.25) is 0 Å². The Labute approximate surface area is 200 Å². The van der Waals surface area contributed by atoms with Crippen molar-refractivity contribution in [3.05, 3.63) is 53.4 Å². The van der Waals surface area contributed by atoms with Crippen LogP contribution in [0.15, 0.2) is 51.3 Å². The van der Waals surface area contributed by atoms with Gasteiger partial charge in [-0.15, -0.1) is 0 Å². The Balaban J connectivity index is 1.21. The minimum absolute atomic E-state index is 0.0437. The summed E-state index contributed by atoms with van der Waals surface area (Å²) in [6.07, 6.45) is 3.07. The number of aryl methyl sites for hydroxylation is 2. The van der Waals surface area contributed by atoms with E-state index < -0.39 is 12.1 Å². The van der Waals surface area contributed by atoms with Gasteiger partial charge < -0.3 is 14.0 Å². The second-order valence-corrected chi connectivity index (χ2v) is 8.59. The van der Waals surface area contributed by atoms with E-state index in [4.69, 9.17) is 14.0 Å². The SMILES string of the molecule is COc1ccc(-c2noc(CN3N=N[C@H]4C(=O)N(c5ccc6c(c5)CCC6)C(=O)[C@@H]43)n2)cc1OC. The minimum Gasteiger partial charge on any atom is -0.493 e. The van der Waals surface area contributed by atoms with E-state index in [9.17, 15) is 9.59 Å². The maximum Gasteiger partial charge on any atom is 0.263 e. The molecule has 1 saturated heterocycles. The number of ether oxygens (including phenoxy) is 2. The molecule has 1 fully saturated rings. The highest BCUT2D eigenvalue weighted by molar-refractivity contribution is 6.25. The highest BCUT2D eigenvalue weighted by atomic mass is 16.5. The summed E-state index contributed by atoms with van der Waals surface area (Å²) in [6.45, 7) is 0.0437. The number of hydrogen-bond donors (Lipinski definition) is 0. The molecule has 0 unspecified atom stereocenters. The van der Waals surface area contributed by atoms with Gasteiger partial charge in [0.05, 0.1) is 19.9 Å². The molecule has 2 aliphatic heterocycles. The van der Waals surface area contributed by atoms with Crippen molar-refractivity contribution in [2.24, 2.45) is 10.3 Å². The number of methoxy groups -OCH3 is 2. The van der Waals surface area contributed by atoms with Gasteiger partial charge in [0.25, 0.3) is 11.8 Å². The van der Waals surface area contributed by atoms with Crippen LogP contribution in [-0.2, 0) is 29.0 Å². The molecule has 6 rings (SSSR count). The summed E-state index contributed by atoms with van der Waals surface area (Å²) >= 11 is 0. The molecule has 2 amide bonds. The quantitative estimate of drug-likeness (QED) is 0.500. The van der Waals surface area contributed by atoms with Gasteiger partial charge in [-0.25, -0.2) is 4.90 Å². The molecule has 11 heteroatoms. The number of benzene rings is 2. The maximum atomic E-state index is 13.3. The number of nitrogens with zero attached hydrogens (tertiary/aromatic N) is 6. The fourth-order valence-corrected chi connectivity index (χ4v) is 4.86. The van der Waals surface area contributed by atoms with Crippen LogP contribution in [-0.4, -0.2) is 53.3 Å². The summed E-state index contributed by atoms with van der Waals surface area (Å²) in [5, 5.41) is 13.6. The number of rotatable bonds is 6. The third kappa shape index (κ3) is 3.42. The zero-order valence-corrected chi connectivity index (χ0v) is 19.2. The van der Waals surface area contributed by atoms with E-state index >= 15 is 0 Å². The standard InChI is InChI=1S/C24H22N6O5/c1-33-17-9-7-15(11-18(17)34-2)22-25-19(35-27-22)12-29-21-20(26-28-29)23(31)30(24(21)32)16-8-6-13-4-3-5-14(13)10-16/h6-11,20-21H,3-5,12H2,1-2H3/t20-,21-/m1/s1. The van der Waals surface area contributed by atoms with Gasteiger partial charge in [-0.05, 0) is 60.7 Å². The van der Waals surface area contributed by atoms with Gasteiger partial charge in [-0.3, -0.25) is 14.6 Å². The topological polar surface area (TPSA) is 123 Å². The van der Waals surface area contributed by atoms with Crippen LogP contribution in [0.5, 0.6) is 11.5 Å². The zero-order chi connectivity index (χ0) is 24.1. The van der Waals surface area contributed by atoms with Crippen molar-refractivity contribution in [3.8, 4) is 22.9 Å². The minimum atomic E-state index is -0.885. The Bertz CT molecular complexity index is 1370. The van der Waals surface area contributed by atoms with E-state index in [2.05, 4.69) is 20.5 Å². The molecule has 0 N–H and O–H groups in total. The van der Waals surface area contributed by atoms with Crippen molar-refractivity contribution in [2.75, 3.05) is 19.1 Å². The smallest absolute Gasteiger partial charge is 0.263 e. The number of fused-ring (bicyclic) bond motifs is 2. The lowest BCUT2D eigenvalue weighted by Gasteiger charge is -2.19. The monoisotopic (exact) mass is 474 g/mol. The molecular formula is C24H22N6O5. The van der Waals surface area contributed by atoms with Crippen LogP contribution in [0, 0.1) is 0 Å². The lowest BCUT2D eigenvalue weighted by molar-refractivity contribution is -0.123. The second-order valence-electron chi connectivity index (χ2n) is 8.59. The summed E-state index contributed by atoms with van der Waals surface area (Å²) in [4.78, 5) is 32.0. The molecule has 0 spiro atoms. The first-order valence-corrected chi connectivity index (χ1v) is 11.3. The first-order valence-electron chi connectivity index (χ1n) is 11.3. The third-order valence-electron chi connectivity index (χ3n) is 6.61. The molecule has 3 aliphatic rings. The van der Waals surface area contributed by atoms with E-state index in [0.717, 1.165) is 19.3 Å². The lowest BCUT2D eigenvalue weighted by atomic mass is 10.1. The lowest BCUT2D eigenvalue weighted by Crippen LogP contribution is -2.39. The van der Waals surface area contributed by atoms with Gasteiger partial charge in [0.15, 0.2) is 23.6 Å². The van der Waals surface area contributed by atoms with Crippen LogP contribution in [0.4, 0.5) is 5.69 Å². The van der Waals surface area contributed by atoms with Crippen molar-refractivity contribution < 1.29 is 23.6 Å². The molecule has 2 aromatic carbocycles. The number of carbonyl (C=O) groups is 2. The number of imide groups is 1. The van der Waals surface area contributed by atoms with Crippen LogP contribution in [0.25, 0.3) is 11.4 Å². The van der Waals surface area contributed by atoms with E-state index in [1.54, 1.807) is 32.4 Å². The molecule has 3 heterocycles. The van der Waals surface area contributed by atoms with E-state index in [1.807, 2.05) is 18.2 Å². The van der Waals surface area contributed by atoms with Crippen LogP contribution >= 0.6 is 0 Å². The normalized spacial score (nSPS) is 20.5. The van der Waals surface area contributed by atoms with Crippen LogP contribution in [0.1, 0.15) is 23.4 Å². The Hall–Kier alpha value is -4.28. The molecule has 1 aromatic heterocycles. The summed E-state index contributed by atoms with van der Waals surface area (Å²) in [6, 6.07) is 9.32. The molecule has 2 atom stereocenters. The largest absolute Gasteiger partial charge is 0.493 e. The first kappa shape index (κ1) is 21.3. The van der Waals surface area contributed by atoms with Gasteiger partial charge in [0.1, 0.15) is 6.54 Å². The Morgan fingerprint density at radius 1 is 1.00 bits per heavy atom. The van der Waals surface area contributed by atoms with Gasteiger partial charge >= 0.3 is 0 Å². The Kier molecular flexibility index (Phi) is 4.97. The zero-order valence-electron chi connectivity index (χ0n) is 19.2. The average molecular weight is 474 g/mol. The number of amides is 2. The average Bonchev–Trinajstić information content (AvgIpc) is 3.66. The molecule has 35 heavy (non-hydrogen) atoms. The molecule has 1 aliphatic carbocycles. The molecule has 11 nitrogen and oxygen atoms in total. The summed E-state index contributed by atoms with van der Waals surface area (Å²) < 4.78 is 16.0. The van der Waals surface area contributed by atoms with Gasteiger partial charge in [0, 0.05) is 5.56 Å². The van der Waals surface area contributed by atoms with Crippen molar-refractivity contribution in [3.63, 3.8) is 0 Å². The van der Waals surface area contributed by atoms with Crippen molar-refractivity contribution >= 4 is 17.5 Å². The molecule has 0 radical (unpaired) electrons. The van der Waals surface area contributed by atoms with Gasteiger partial charge in [0.2, 0.25) is 11.7 Å². The predicted molar refractivity (Wildman–Crippen MR) is 122 cm³/mol. The van der Waals surface area contributed by atoms with Gasteiger partial charge in [-0.1, -0.05) is 16.4 Å². The summed E-state index contributed by atoms with van der Waals surface area (Å²) in [7, 11) is 3.10. The van der Waals surface area contributed by atoms with Crippen molar-refractivity contribution in [1.29, 1.82) is 0 Å². The van der Waals surface area contributed by atoms with E-state index in [-0.39, 0.29) is 24.2 Å². The molecule has 0 saturated carbocycles. The summed E-state index contributed by atoms with van der Waals surface area (Å²) in [5.41, 5.74) is 3.72. The molecular weight excluding hydrogens is 452 g/mol. The Morgan fingerprint density at radius 3 is 2.66 bits per heavy atom. The Morgan fingerprint density at radius 2 is 1.83 bits per heavy atom. The number of aromatic nitrogens is 2. The van der Waals surface area contributed by atoms with Crippen molar-refractivity contribution in [1.82, 2.24) is 15.1 Å². The van der Waals surface area contributed by atoms with Gasteiger partial charge in [-0.2, -0.15) is 10.1 Å². The fraction of sp³-hybridized carbons (Fsp3) is 0.333. The third-order valence-corrected chi connectivity index (χ3v) is 6.61. The molecule has 0 bridgehead atoms. The summed E-state index contributed by atoms with van der Waals surface area (Å²) in [5.74, 6) is 0.978. The molecule has 178 valence electrons. The number of anilines is 1. The van der Waals surface area contributed by atoms with E-state index in [1.165, 1.54) is 21.0 Å². The maximum absolute atomic E-state index is 13.3. The molecule has 3 aromatic rings. The van der Waals surface area contributed by atoms with Crippen molar-refractivity contribution in [2.45, 2.75) is 37.9 Å².